The van der Waals surface area contributed by atoms with Gasteiger partial charge in [0.2, 0.25) is 0 Å². The van der Waals surface area contributed by atoms with Gasteiger partial charge in [-0.25, -0.2) is 0 Å². The number of hydrogen-bond acceptors (Lipinski definition) is 10. The van der Waals surface area contributed by atoms with Crippen LogP contribution in [0.3, 0.4) is 0 Å². The maximum Gasteiger partial charge on any atom is 0.187 e. The molecule has 2 heterocycles. The number of ether oxygens (including phenoxy) is 7. The van der Waals surface area contributed by atoms with E-state index in [9.17, 15) is 15.3 Å². The Morgan fingerprint density at radius 3 is 1.44 bits per heavy atom. The summed E-state index contributed by atoms with van der Waals surface area (Å²) in [5, 5.41) is 34.0. The lowest BCUT2D eigenvalue weighted by atomic mass is 9.96. The van der Waals surface area contributed by atoms with E-state index in [1.54, 1.807) is 6.92 Å². The summed E-state index contributed by atoms with van der Waals surface area (Å²) in [7, 11) is 0. The van der Waals surface area contributed by atoms with Gasteiger partial charge in [0.05, 0.1) is 39.1 Å². The van der Waals surface area contributed by atoms with Gasteiger partial charge in [0.25, 0.3) is 0 Å². The number of rotatable bonds is 15. The second-order valence-corrected chi connectivity index (χ2v) is 12.6. The van der Waals surface area contributed by atoms with Crippen LogP contribution in [0, 0.1) is 0 Å². The molecular formula is C40H46O10. The lowest BCUT2D eigenvalue weighted by molar-refractivity contribution is -0.364. The standard InChI is InChI=1S/C40H46O10/c1-27-33(41)36(45-23-29-16-8-3-9-17-29)34(42)40(48-27)50-35-32(26-44-22-28-14-6-2-7-15-28)49-39(43)38(47-25-31-20-12-5-13-21-31)37(35)46-24-30-18-10-4-11-19-30/h2-21,27,32-43H,22-26H2,1H3/t27-,32+,33-,34+,35+,36+,37-,38+,39-,40+/m0/s1. The first-order chi connectivity index (χ1) is 24.5. The van der Waals surface area contributed by atoms with Crippen molar-refractivity contribution in [3.63, 3.8) is 0 Å². The molecule has 0 spiro atoms. The minimum absolute atomic E-state index is 0.0299. The highest BCUT2D eigenvalue weighted by Gasteiger charge is 2.52. The summed E-state index contributed by atoms with van der Waals surface area (Å²) in [5.41, 5.74) is 3.67. The smallest absolute Gasteiger partial charge is 0.187 e. The fourth-order valence-corrected chi connectivity index (χ4v) is 6.19. The highest BCUT2D eigenvalue weighted by atomic mass is 16.7. The molecule has 2 aliphatic rings. The van der Waals surface area contributed by atoms with Crippen LogP contribution in [-0.2, 0) is 59.6 Å². The van der Waals surface area contributed by atoms with Crippen LogP contribution in [0.2, 0.25) is 0 Å². The molecule has 0 aliphatic carbocycles. The minimum Gasteiger partial charge on any atom is -0.388 e. The van der Waals surface area contributed by atoms with Gasteiger partial charge in [-0.2, -0.15) is 0 Å². The van der Waals surface area contributed by atoms with E-state index in [4.69, 9.17) is 33.2 Å². The van der Waals surface area contributed by atoms with Crippen LogP contribution in [0.15, 0.2) is 121 Å². The molecule has 0 aromatic heterocycles. The van der Waals surface area contributed by atoms with Crippen molar-refractivity contribution in [1.82, 2.24) is 0 Å². The van der Waals surface area contributed by atoms with Crippen molar-refractivity contribution in [2.24, 2.45) is 0 Å². The van der Waals surface area contributed by atoms with E-state index in [1.165, 1.54) is 0 Å². The Bertz CT molecular complexity index is 1530. The van der Waals surface area contributed by atoms with Crippen LogP contribution < -0.4 is 0 Å². The van der Waals surface area contributed by atoms with E-state index in [2.05, 4.69) is 0 Å². The average molecular weight is 687 g/mol. The van der Waals surface area contributed by atoms with Gasteiger partial charge < -0.3 is 48.5 Å². The first-order valence-electron chi connectivity index (χ1n) is 17.0. The zero-order chi connectivity index (χ0) is 34.7. The van der Waals surface area contributed by atoms with Crippen molar-refractivity contribution in [2.45, 2.75) is 94.8 Å². The Hall–Kier alpha value is -3.52. The van der Waals surface area contributed by atoms with Crippen molar-refractivity contribution in [1.29, 1.82) is 0 Å². The fraction of sp³-hybridized carbons (Fsp3) is 0.400. The molecule has 50 heavy (non-hydrogen) atoms. The molecule has 266 valence electrons. The normalized spacial score (nSPS) is 29.8. The molecule has 4 aromatic carbocycles. The van der Waals surface area contributed by atoms with E-state index >= 15 is 0 Å². The lowest BCUT2D eigenvalue weighted by Crippen LogP contribution is -2.65. The van der Waals surface area contributed by atoms with Crippen LogP contribution >= 0.6 is 0 Å². The van der Waals surface area contributed by atoms with Gasteiger partial charge in [0.1, 0.15) is 42.7 Å². The van der Waals surface area contributed by atoms with Gasteiger partial charge in [-0.15, -0.1) is 0 Å². The van der Waals surface area contributed by atoms with Gasteiger partial charge >= 0.3 is 0 Å². The molecule has 0 radical (unpaired) electrons. The van der Waals surface area contributed by atoms with E-state index in [0.717, 1.165) is 22.3 Å². The average Bonchev–Trinajstić information content (AvgIpc) is 3.15. The van der Waals surface area contributed by atoms with Crippen LogP contribution in [0.4, 0.5) is 0 Å². The van der Waals surface area contributed by atoms with Gasteiger partial charge in [-0.05, 0) is 29.2 Å². The zero-order valence-electron chi connectivity index (χ0n) is 28.1. The Labute approximate surface area is 293 Å². The number of hydrogen-bond donors (Lipinski definition) is 3. The maximum atomic E-state index is 11.6. The quantitative estimate of drug-likeness (QED) is 0.164. The SMILES string of the molecule is C[C@@H]1O[C@H](O[C@H]2[C@H](OCc3ccccc3)[C@@H](OCc3ccccc3)[C@@H](O)O[C@@H]2COCc2ccccc2)[C@H](O)[C@H](OCc2ccccc2)[C@H]1O. The molecule has 2 fully saturated rings. The monoisotopic (exact) mass is 686 g/mol. The number of aliphatic hydroxyl groups excluding tert-OH is 3. The summed E-state index contributed by atoms with van der Waals surface area (Å²) < 4.78 is 43.8. The first kappa shape index (κ1) is 36.3. The predicted molar refractivity (Wildman–Crippen MR) is 183 cm³/mol. The third-order valence-electron chi connectivity index (χ3n) is 8.93. The molecule has 3 N–H and O–H groups in total. The van der Waals surface area contributed by atoms with Gasteiger partial charge in [0, 0.05) is 0 Å². The van der Waals surface area contributed by atoms with Crippen molar-refractivity contribution in [3.8, 4) is 0 Å². The van der Waals surface area contributed by atoms with Crippen LogP contribution in [0.25, 0.3) is 0 Å². The molecule has 6 rings (SSSR count). The van der Waals surface area contributed by atoms with Gasteiger partial charge in [-0.3, -0.25) is 0 Å². The fourth-order valence-electron chi connectivity index (χ4n) is 6.19. The van der Waals surface area contributed by atoms with Crippen LogP contribution in [0.1, 0.15) is 29.2 Å². The zero-order valence-corrected chi connectivity index (χ0v) is 28.1. The van der Waals surface area contributed by atoms with Crippen molar-refractivity contribution < 1.29 is 48.5 Å². The van der Waals surface area contributed by atoms with Crippen molar-refractivity contribution in [2.75, 3.05) is 6.61 Å². The molecule has 10 nitrogen and oxygen atoms in total. The lowest BCUT2D eigenvalue weighted by Gasteiger charge is -2.48. The largest absolute Gasteiger partial charge is 0.388 e. The highest BCUT2D eigenvalue weighted by molar-refractivity contribution is 5.16. The Morgan fingerprint density at radius 2 is 0.940 bits per heavy atom. The maximum absolute atomic E-state index is 11.6. The second-order valence-electron chi connectivity index (χ2n) is 12.6. The summed E-state index contributed by atoms with van der Waals surface area (Å²) in [5.74, 6) is 0. The Morgan fingerprint density at radius 1 is 0.500 bits per heavy atom. The van der Waals surface area contributed by atoms with E-state index < -0.39 is 61.4 Å². The molecule has 2 saturated heterocycles. The Balaban J connectivity index is 1.26. The minimum atomic E-state index is -1.38. The molecule has 2 aliphatic heterocycles. The molecule has 10 heteroatoms. The topological polar surface area (TPSA) is 125 Å². The third-order valence-corrected chi connectivity index (χ3v) is 8.93. The van der Waals surface area contributed by atoms with Crippen LogP contribution in [-0.4, -0.2) is 83.3 Å². The number of benzene rings is 4. The molecule has 10 atom stereocenters. The highest BCUT2D eigenvalue weighted by Crippen LogP contribution is 2.33. The first-order valence-corrected chi connectivity index (χ1v) is 17.0. The summed E-state index contributed by atoms with van der Waals surface area (Å²) in [6, 6.07) is 38.5. The summed E-state index contributed by atoms with van der Waals surface area (Å²) in [6.45, 7) is 2.57. The molecular weight excluding hydrogens is 640 g/mol. The molecule has 4 aromatic rings. The summed E-state index contributed by atoms with van der Waals surface area (Å²) in [4.78, 5) is 0. The predicted octanol–water partition coefficient (Wildman–Crippen LogP) is 4.53. The number of aliphatic hydroxyl groups is 3. The summed E-state index contributed by atoms with van der Waals surface area (Å²) >= 11 is 0. The van der Waals surface area contributed by atoms with Crippen molar-refractivity contribution >= 4 is 0 Å². The van der Waals surface area contributed by atoms with E-state index in [1.807, 2.05) is 121 Å². The van der Waals surface area contributed by atoms with Gasteiger partial charge in [-0.1, -0.05) is 121 Å². The Kier molecular flexibility index (Phi) is 13.1. The van der Waals surface area contributed by atoms with E-state index in [0.29, 0.717) is 6.61 Å². The molecule has 0 unspecified atom stereocenters. The summed E-state index contributed by atoms with van der Waals surface area (Å²) in [6.07, 6.45) is -10.5. The van der Waals surface area contributed by atoms with E-state index in [-0.39, 0.29) is 26.4 Å². The van der Waals surface area contributed by atoms with Crippen molar-refractivity contribution in [3.05, 3.63) is 144 Å². The third kappa shape index (κ3) is 9.62. The second kappa shape index (κ2) is 18.1. The molecule has 0 amide bonds. The van der Waals surface area contributed by atoms with Crippen LogP contribution in [0.5, 0.6) is 0 Å². The molecule has 0 saturated carbocycles. The molecule has 0 bridgehead atoms. The van der Waals surface area contributed by atoms with Gasteiger partial charge in [0.15, 0.2) is 12.6 Å².